The zero-order valence-electron chi connectivity index (χ0n) is 24.1. The quantitative estimate of drug-likeness (QED) is 0.219. The number of thiophene rings is 1. The summed E-state index contributed by atoms with van der Waals surface area (Å²) in [5.74, 6) is 4.55. The molecule has 0 radical (unpaired) electrons. The average molecular weight is 906 g/mol. The van der Waals surface area contributed by atoms with Gasteiger partial charge in [0.15, 0.2) is 0 Å². The smallest absolute Gasteiger partial charge is 0.0718 e. The Morgan fingerprint density at radius 3 is 0.956 bits per heavy atom. The highest BCUT2D eigenvalue weighted by molar-refractivity contribution is 8.51. The monoisotopic (exact) mass is 904 g/mol. The summed E-state index contributed by atoms with van der Waals surface area (Å²) in [6.07, 6.45) is 4.78. The molecule has 0 aliphatic carbocycles. The lowest BCUT2D eigenvalue weighted by Crippen LogP contribution is -1.72. The summed E-state index contributed by atoms with van der Waals surface area (Å²) in [4.78, 5) is 2.68. The minimum atomic E-state index is 1.14. The van der Waals surface area contributed by atoms with Crippen molar-refractivity contribution in [1.82, 2.24) is 0 Å². The van der Waals surface area contributed by atoms with Crippen LogP contribution in [0.3, 0.4) is 0 Å². The first-order valence-electron chi connectivity index (χ1n) is 13.7. The third-order valence-corrected chi connectivity index (χ3v) is 29.1. The molecule has 6 aliphatic heterocycles. The van der Waals surface area contributed by atoms with Gasteiger partial charge in [0, 0.05) is 9.75 Å². The lowest BCUT2D eigenvalue weighted by atomic mass is 10.4. The highest BCUT2D eigenvalue weighted by Gasteiger charge is 2.36. The van der Waals surface area contributed by atoms with Crippen molar-refractivity contribution >= 4 is 212 Å². The molecule has 238 valence electrons. The Kier molecular flexibility index (Phi) is 14.1. The Morgan fingerprint density at radius 2 is 0.667 bits per heavy atom. The zero-order valence-corrected chi connectivity index (χ0v) is 38.0. The summed E-state index contributed by atoms with van der Waals surface area (Å²) in [5, 5.41) is 0. The maximum Gasteiger partial charge on any atom is 0.0718 e. The van der Waals surface area contributed by atoms with E-state index in [9.17, 15) is 0 Å². The van der Waals surface area contributed by atoms with Gasteiger partial charge in [0.25, 0.3) is 0 Å². The Balaban J connectivity index is 0.924. The van der Waals surface area contributed by atoms with Gasteiger partial charge >= 0.3 is 0 Å². The van der Waals surface area contributed by atoms with E-state index >= 15 is 0 Å². The fourth-order valence-electron chi connectivity index (χ4n) is 3.83. The fourth-order valence-corrected chi connectivity index (χ4v) is 29.5. The highest BCUT2D eigenvalue weighted by atomic mass is 32.3. The molecule has 0 fully saturated rings. The number of thioether (sulfide) groups is 16. The predicted octanol–water partition coefficient (Wildman–Crippen LogP) is 17.0. The molecule has 0 saturated carbocycles. The number of hydrogen-bond donors (Lipinski definition) is 0. The molecule has 6 aliphatic rings. The summed E-state index contributed by atoms with van der Waals surface area (Å²) >= 11 is 33.6. The van der Waals surface area contributed by atoms with Crippen LogP contribution in [0.5, 0.6) is 0 Å². The van der Waals surface area contributed by atoms with E-state index in [1.54, 1.807) is 0 Å². The molecular formula is C28H24S17. The molecule has 1 aromatic heterocycles. The van der Waals surface area contributed by atoms with Gasteiger partial charge in [-0.2, -0.15) is 0 Å². The van der Waals surface area contributed by atoms with Gasteiger partial charge in [-0.25, -0.2) is 0 Å². The van der Waals surface area contributed by atoms with Crippen molar-refractivity contribution in [1.29, 1.82) is 0 Å². The molecule has 0 aromatic carbocycles. The van der Waals surface area contributed by atoms with Crippen LogP contribution < -0.4 is 0 Å². The van der Waals surface area contributed by atoms with E-state index in [2.05, 4.69) is 52.0 Å². The Hall–Kier alpha value is 3.22. The minimum absolute atomic E-state index is 1.14. The van der Waals surface area contributed by atoms with Crippen molar-refractivity contribution < 1.29 is 0 Å². The molecule has 0 amide bonds. The topological polar surface area (TPSA) is 0 Å². The first-order chi connectivity index (χ1) is 22.0. The van der Waals surface area contributed by atoms with Gasteiger partial charge in [0.1, 0.15) is 0 Å². The van der Waals surface area contributed by atoms with Crippen LogP contribution in [0.15, 0.2) is 71.5 Å². The summed E-state index contributed by atoms with van der Waals surface area (Å²) in [6.45, 7) is 9.02. The summed E-state index contributed by atoms with van der Waals surface area (Å²) in [6, 6.07) is 4.58. The molecule has 7 heterocycles. The van der Waals surface area contributed by atoms with Crippen molar-refractivity contribution in [3.05, 3.63) is 81.2 Å². The molecular weight excluding hydrogens is 881 g/mol. The average Bonchev–Trinajstić information content (AvgIpc) is 3.84. The second-order valence-electron chi connectivity index (χ2n) is 8.57. The number of hydrogen-bond acceptors (Lipinski definition) is 17. The molecule has 0 unspecified atom stereocenters. The molecule has 45 heavy (non-hydrogen) atoms. The van der Waals surface area contributed by atoms with Gasteiger partial charge in [-0.15, -0.1) is 58.4 Å². The van der Waals surface area contributed by atoms with Crippen molar-refractivity contribution in [2.45, 2.75) is 27.7 Å². The van der Waals surface area contributed by atoms with Crippen molar-refractivity contribution in [2.75, 3.05) is 23.0 Å². The molecule has 17 heteroatoms. The van der Waals surface area contributed by atoms with E-state index in [-0.39, 0.29) is 0 Å². The highest BCUT2D eigenvalue weighted by Crippen LogP contribution is 2.72. The molecule has 0 bridgehead atoms. The van der Waals surface area contributed by atoms with E-state index in [1.807, 2.05) is 200 Å². The van der Waals surface area contributed by atoms with Crippen molar-refractivity contribution in [3.8, 4) is 0 Å². The SMILES string of the molecule is CCSC1=C(SCC)SC(=C2SC3=C(SC(=Cc4ccc(C=C5SC6=C(S5)SC(=C5SC(SCC)=C(SCC)S5)S6)s4)S3)S2)S1. The van der Waals surface area contributed by atoms with Crippen LogP contribution >= 0.6 is 200 Å². The third kappa shape index (κ3) is 8.89. The second-order valence-corrected chi connectivity index (χ2v) is 30.8. The Morgan fingerprint density at radius 1 is 0.400 bits per heavy atom. The van der Waals surface area contributed by atoms with Crippen LogP contribution in [0.1, 0.15) is 37.4 Å². The largest absolute Gasteiger partial charge is 0.136 e. The van der Waals surface area contributed by atoms with Gasteiger partial charge in [0.05, 0.1) is 59.3 Å². The summed E-state index contributed by atoms with van der Waals surface area (Å²) in [7, 11) is 0. The Labute approximate surface area is 338 Å². The van der Waals surface area contributed by atoms with E-state index < -0.39 is 0 Å². The fraction of sp³-hybridized carbons (Fsp3) is 0.286. The number of rotatable bonds is 10. The lowest BCUT2D eigenvalue weighted by Gasteiger charge is -2.05. The minimum Gasteiger partial charge on any atom is -0.136 e. The van der Waals surface area contributed by atoms with Crippen LogP contribution in [0.25, 0.3) is 12.2 Å². The third-order valence-electron chi connectivity index (χ3n) is 5.53. The normalized spacial score (nSPS) is 21.7. The maximum atomic E-state index is 2.39. The van der Waals surface area contributed by atoms with Crippen molar-refractivity contribution in [2.24, 2.45) is 0 Å². The molecule has 0 spiro atoms. The molecule has 1 aromatic rings. The maximum absolute atomic E-state index is 2.39. The first-order valence-corrected chi connectivity index (χ1v) is 28.2. The summed E-state index contributed by atoms with van der Waals surface area (Å²) in [5.41, 5.74) is 0. The van der Waals surface area contributed by atoms with Crippen LogP contribution in [0.2, 0.25) is 0 Å². The van der Waals surface area contributed by atoms with Gasteiger partial charge in [-0.05, 0) is 47.3 Å². The zero-order chi connectivity index (χ0) is 30.9. The molecule has 0 nitrogen and oxygen atoms in total. The first kappa shape index (κ1) is 36.6. The van der Waals surface area contributed by atoms with Crippen molar-refractivity contribution in [3.63, 3.8) is 0 Å². The van der Waals surface area contributed by atoms with Crippen LogP contribution in [-0.2, 0) is 0 Å². The van der Waals surface area contributed by atoms with Gasteiger partial charge in [0.2, 0.25) is 0 Å². The summed E-state index contributed by atoms with van der Waals surface area (Å²) < 4.78 is 20.6. The Bertz CT molecular complexity index is 1440. The van der Waals surface area contributed by atoms with Gasteiger partial charge in [-0.3, -0.25) is 0 Å². The molecule has 0 N–H and O–H groups in total. The van der Waals surface area contributed by atoms with E-state index in [4.69, 9.17) is 0 Å². The van der Waals surface area contributed by atoms with Crippen LogP contribution in [0, 0.1) is 0 Å². The predicted molar refractivity (Wildman–Crippen MR) is 246 cm³/mol. The van der Waals surface area contributed by atoms with E-state index in [1.165, 1.54) is 69.1 Å². The lowest BCUT2D eigenvalue weighted by molar-refractivity contribution is 1.53. The van der Waals surface area contributed by atoms with Crippen LogP contribution in [-0.4, -0.2) is 23.0 Å². The molecule has 0 saturated heterocycles. The van der Waals surface area contributed by atoms with Crippen LogP contribution in [0.4, 0.5) is 0 Å². The second kappa shape index (κ2) is 17.4. The molecule has 0 atom stereocenters. The van der Waals surface area contributed by atoms with E-state index in [0.717, 1.165) is 23.0 Å². The van der Waals surface area contributed by atoms with Gasteiger partial charge in [-0.1, -0.05) is 169 Å². The van der Waals surface area contributed by atoms with Gasteiger partial charge < -0.3 is 0 Å². The van der Waals surface area contributed by atoms with E-state index in [0.29, 0.717) is 0 Å². The standard InChI is InChI=1S/C28H24S17/c1-5-29-17-18(30-6-2)39-25(38-17)27-42-21-22(43-27)35-15(34-21)11-13-9-10-14(33-13)12-16-36-23-24(37-16)45-28(44-23)26-40-19(31-7-3)20(41-26)32-8-4/h9-12H,5-8H2,1-4H3. The molecule has 7 rings (SSSR count).